The quantitative estimate of drug-likeness (QED) is 0.923. The summed E-state index contributed by atoms with van der Waals surface area (Å²) in [6.45, 7) is 0. The molecule has 1 aliphatic carbocycles. The molecular weight excluding hydrogens is 316 g/mol. The summed E-state index contributed by atoms with van der Waals surface area (Å²) in [6.07, 6.45) is 1.40. The Labute approximate surface area is 127 Å². The molecule has 0 aromatic heterocycles. The van der Waals surface area contributed by atoms with E-state index in [1.807, 2.05) is 36.4 Å². The van der Waals surface area contributed by atoms with Crippen molar-refractivity contribution in [2.75, 3.05) is 7.11 Å². The van der Waals surface area contributed by atoms with E-state index >= 15 is 0 Å². The Balaban J connectivity index is 1.83. The highest BCUT2D eigenvalue weighted by Gasteiger charge is 2.30. The van der Waals surface area contributed by atoms with Gasteiger partial charge in [0.15, 0.2) is 0 Å². The summed E-state index contributed by atoms with van der Waals surface area (Å²) in [5, 5.41) is 10.5. The monoisotopic (exact) mass is 332 g/mol. The van der Waals surface area contributed by atoms with Crippen molar-refractivity contribution >= 4 is 15.9 Å². The van der Waals surface area contributed by atoms with Crippen LogP contribution in [-0.2, 0) is 12.8 Å². The Morgan fingerprint density at radius 3 is 2.80 bits per heavy atom. The molecule has 0 heterocycles. The highest BCUT2D eigenvalue weighted by atomic mass is 79.9. The molecule has 2 nitrogen and oxygen atoms in total. The number of aliphatic hydroxyl groups excluding tert-OH is 1. The van der Waals surface area contributed by atoms with E-state index in [1.54, 1.807) is 7.11 Å². The molecule has 104 valence electrons. The van der Waals surface area contributed by atoms with E-state index < -0.39 is 0 Å². The number of rotatable bonds is 3. The fourth-order valence-electron chi connectivity index (χ4n) is 2.96. The van der Waals surface area contributed by atoms with Crippen molar-refractivity contribution in [2.45, 2.75) is 18.9 Å². The molecule has 0 fully saturated rings. The van der Waals surface area contributed by atoms with Gasteiger partial charge in [-0.2, -0.15) is 0 Å². The van der Waals surface area contributed by atoms with E-state index in [-0.39, 0.29) is 12.0 Å². The molecule has 1 aliphatic rings. The Hall–Kier alpha value is -1.32. The molecule has 0 saturated heterocycles. The van der Waals surface area contributed by atoms with Gasteiger partial charge in [-0.15, -0.1) is 0 Å². The molecule has 1 N–H and O–H groups in total. The van der Waals surface area contributed by atoms with Gasteiger partial charge in [0.25, 0.3) is 0 Å². The predicted molar refractivity (Wildman–Crippen MR) is 83.0 cm³/mol. The van der Waals surface area contributed by atoms with E-state index in [4.69, 9.17) is 4.74 Å². The lowest BCUT2D eigenvalue weighted by Crippen LogP contribution is -2.11. The Kier molecular flexibility index (Phi) is 3.81. The average molecular weight is 333 g/mol. The van der Waals surface area contributed by atoms with Crippen molar-refractivity contribution in [3.63, 3.8) is 0 Å². The molecule has 0 amide bonds. The van der Waals surface area contributed by atoms with Gasteiger partial charge < -0.3 is 9.84 Å². The second-order valence-corrected chi connectivity index (χ2v) is 6.12. The van der Waals surface area contributed by atoms with Crippen LogP contribution in [0.3, 0.4) is 0 Å². The van der Waals surface area contributed by atoms with Crippen LogP contribution in [0.2, 0.25) is 0 Å². The van der Waals surface area contributed by atoms with Gasteiger partial charge in [0.2, 0.25) is 0 Å². The lowest BCUT2D eigenvalue weighted by atomic mass is 9.94. The minimum absolute atomic E-state index is 0.232. The number of hydrogen-bond acceptors (Lipinski definition) is 2. The lowest BCUT2D eigenvalue weighted by molar-refractivity contribution is 0.123. The second-order valence-electron chi connectivity index (χ2n) is 5.27. The molecule has 0 aliphatic heterocycles. The van der Waals surface area contributed by atoms with Crippen LogP contribution >= 0.6 is 15.9 Å². The fraction of sp³-hybridized carbons (Fsp3) is 0.294. The van der Waals surface area contributed by atoms with Crippen LogP contribution in [0.25, 0.3) is 0 Å². The Morgan fingerprint density at radius 1 is 1.25 bits per heavy atom. The molecule has 2 aromatic rings. The average Bonchev–Trinajstić information content (AvgIpc) is 2.78. The zero-order chi connectivity index (χ0) is 14.1. The normalized spacial score (nSPS) is 20.8. The summed E-state index contributed by atoms with van der Waals surface area (Å²) in [5.74, 6) is 1.09. The van der Waals surface area contributed by atoms with Crippen molar-refractivity contribution in [3.05, 3.63) is 63.6 Å². The van der Waals surface area contributed by atoms with Gasteiger partial charge in [-0.3, -0.25) is 0 Å². The maximum atomic E-state index is 10.5. The summed E-state index contributed by atoms with van der Waals surface area (Å²) >= 11 is 3.58. The number of fused-ring (bicyclic) bond motifs is 1. The second kappa shape index (κ2) is 5.58. The van der Waals surface area contributed by atoms with Crippen LogP contribution in [0.15, 0.2) is 46.9 Å². The van der Waals surface area contributed by atoms with Crippen LogP contribution in [-0.4, -0.2) is 12.2 Å². The first kappa shape index (κ1) is 13.7. The molecule has 3 rings (SSSR count). The molecule has 2 aromatic carbocycles. The largest absolute Gasteiger partial charge is 0.497 e. The summed E-state index contributed by atoms with van der Waals surface area (Å²) < 4.78 is 6.35. The summed E-state index contributed by atoms with van der Waals surface area (Å²) in [7, 11) is 1.67. The molecule has 0 spiro atoms. The van der Waals surface area contributed by atoms with Gasteiger partial charge in [0.1, 0.15) is 5.75 Å². The van der Waals surface area contributed by atoms with Gasteiger partial charge in [-0.25, -0.2) is 0 Å². The molecule has 0 bridgehead atoms. The van der Waals surface area contributed by atoms with E-state index in [2.05, 4.69) is 22.0 Å². The third kappa shape index (κ3) is 2.48. The number of halogens is 1. The summed E-state index contributed by atoms with van der Waals surface area (Å²) in [5.41, 5.74) is 3.53. The third-order valence-electron chi connectivity index (χ3n) is 4.04. The standard InChI is InChI=1S/C17H17BrO2/c1-20-14-6-7-16(18)12(10-14)9-13-8-11-4-2-3-5-15(11)17(13)19/h2-7,10,13,17,19H,8-9H2,1H3. The Bertz CT molecular complexity index is 624. The number of aliphatic hydroxyl groups is 1. The molecule has 2 unspecified atom stereocenters. The zero-order valence-corrected chi connectivity index (χ0v) is 12.9. The maximum absolute atomic E-state index is 10.5. The predicted octanol–water partition coefficient (Wildman–Crippen LogP) is 3.91. The van der Waals surface area contributed by atoms with Crippen molar-refractivity contribution in [3.8, 4) is 5.75 Å². The van der Waals surface area contributed by atoms with Crippen LogP contribution in [0.1, 0.15) is 22.8 Å². The fourth-order valence-corrected chi connectivity index (χ4v) is 3.37. The number of benzene rings is 2. The summed E-state index contributed by atoms with van der Waals surface area (Å²) in [6, 6.07) is 14.1. The highest BCUT2D eigenvalue weighted by molar-refractivity contribution is 9.10. The van der Waals surface area contributed by atoms with Crippen LogP contribution < -0.4 is 4.74 Å². The van der Waals surface area contributed by atoms with Crippen LogP contribution in [0, 0.1) is 5.92 Å². The Morgan fingerprint density at radius 2 is 2.05 bits per heavy atom. The number of hydrogen-bond donors (Lipinski definition) is 1. The minimum Gasteiger partial charge on any atom is -0.497 e. The molecule has 20 heavy (non-hydrogen) atoms. The molecule has 0 saturated carbocycles. The van der Waals surface area contributed by atoms with Gasteiger partial charge >= 0.3 is 0 Å². The van der Waals surface area contributed by atoms with E-state index in [1.165, 1.54) is 11.1 Å². The zero-order valence-electron chi connectivity index (χ0n) is 11.3. The first-order valence-electron chi connectivity index (χ1n) is 6.77. The van der Waals surface area contributed by atoms with E-state index in [0.29, 0.717) is 0 Å². The minimum atomic E-state index is -0.371. The van der Waals surface area contributed by atoms with Crippen molar-refractivity contribution in [2.24, 2.45) is 5.92 Å². The summed E-state index contributed by atoms with van der Waals surface area (Å²) in [4.78, 5) is 0. The van der Waals surface area contributed by atoms with Crippen molar-refractivity contribution < 1.29 is 9.84 Å². The van der Waals surface area contributed by atoms with Crippen molar-refractivity contribution in [1.82, 2.24) is 0 Å². The van der Waals surface area contributed by atoms with Crippen molar-refractivity contribution in [1.29, 1.82) is 0 Å². The van der Waals surface area contributed by atoms with Gasteiger partial charge in [-0.1, -0.05) is 40.2 Å². The van der Waals surface area contributed by atoms with Crippen LogP contribution in [0.4, 0.5) is 0 Å². The third-order valence-corrected chi connectivity index (χ3v) is 4.81. The number of methoxy groups -OCH3 is 1. The lowest BCUT2D eigenvalue weighted by Gasteiger charge is -2.16. The number of ether oxygens (including phenoxy) is 1. The van der Waals surface area contributed by atoms with E-state index in [9.17, 15) is 5.11 Å². The topological polar surface area (TPSA) is 29.5 Å². The first-order chi connectivity index (χ1) is 9.69. The molecule has 2 atom stereocenters. The molecular formula is C17H17BrO2. The maximum Gasteiger partial charge on any atom is 0.119 e. The van der Waals surface area contributed by atoms with Gasteiger partial charge in [0, 0.05) is 4.47 Å². The van der Waals surface area contributed by atoms with Crippen LogP contribution in [0.5, 0.6) is 5.75 Å². The van der Waals surface area contributed by atoms with Gasteiger partial charge in [-0.05, 0) is 53.6 Å². The highest BCUT2D eigenvalue weighted by Crippen LogP contribution is 2.39. The smallest absolute Gasteiger partial charge is 0.119 e. The molecule has 3 heteroatoms. The first-order valence-corrected chi connectivity index (χ1v) is 7.56. The van der Waals surface area contributed by atoms with Gasteiger partial charge in [0.05, 0.1) is 13.2 Å². The molecule has 0 radical (unpaired) electrons. The SMILES string of the molecule is COc1ccc(Br)c(CC2Cc3ccccc3C2O)c1. The van der Waals surface area contributed by atoms with E-state index in [0.717, 1.165) is 28.6 Å².